The number of hydrogen-bond donors (Lipinski definition) is 9. The average Bonchev–Trinajstić information content (AvgIpc) is 3.25. The number of aliphatic hydroxyl groups excluding tert-OH is 3. The number of benzene rings is 2. The van der Waals surface area contributed by atoms with E-state index < -0.39 is 123 Å². The maximum Gasteiger partial charge on any atom is 0.344 e. The maximum absolute atomic E-state index is 13.9. The van der Waals surface area contributed by atoms with E-state index in [1.54, 1.807) is 52.1 Å². The second kappa shape index (κ2) is 20.0. The smallest absolute Gasteiger partial charge is 0.344 e. The van der Waals surface area contributed by atoms with E-state index in [-0.39, 0.29) is 80.3 Å². The summed E-state index contributed by atoms with van der Waals surface area (Å²) in [4.78, 5) is 93.4. The first kappa shape index (κ1) is 55.5. The Hall–Kier alpha value is -5.41. The van der Waals surface area contributed by atoms with Crippen LogP contribution in [0.5, 0.6) is 11.5 Å². The number of carbonyl (C=O) groups is 7. The van der Waals surface area contributed by atoms with Gasteiger partial charge in [0.2, 0.25) is 17.3 Å². The van der Waals surface area contributed by atoms with E-state index in [9.17, 15) is 69.3 Å². The number of phenols is 2. The molecule has 0 saturated heterocycles. The Morgan fingerprint density at radius 2 is 1.11 bits per heavy atom. The first-order valence-corrected chi connectivity index (χ1v) is 23.3. The fourth-order valence-corrected chi connectivity index (χ4v) is 12.2. The first-order chi connectivity index (χ1) is 31.8. The number of ketones is 4. The van der Waals surface area contributed by atoms with Gasteiger partial charge in [0.05, 0.1) is 29.8 Å². The zero-order valence-electron chi connectivity index (χ0n) is 37.1. The Morgan fingerprint density at radius 1 is 0.686 bits per heavy atom. The predicted molar refractivity (Wildman–Crippen MR) is 267 cm³/mol. The molecule has 0 unspecified atom stereocenters. The van der Waals surface area contributed by atoms with E-state index >= 15 is 0 Å². The fourth-order valence-electron chi connectivity index (χ4n) is 10.9. The van der Waals surface area contributed by atoms with Gasteiger partial charge in [-0.2, -0.15) is 0 Å². The number of halogens is 2. The number of likely N-dealkylation sites (N-methyl/N-ethyl adjacent to an activating group) is 2. The molecule has 0 bridgehead atoms. The van der Waals surface area contributed by atoms with Crippen molar-refractivity contribution in [2.45, 2.75) is 70.7 Å². The van der Waals surface area contributed by atoms with Gasteiger partial charge in [0, 0.05) is 30.1 Å². The molecular weight excluding hydrogens is 1140 g/mol. The van der Waals surface area contributed by atoms with Gasteiger partial charge in [-0.05, 0) is 153 Å². The van der Waals surface area contributed by atoms with Crippen LogP contribution in [0.3, 0.4) is 0 Å². The monoisotopic (exact) mass is 1200 g/mol. The van der Waals surface area contributed by atoms with Crippen molar-refractivity contribution in [1.82, 2.24) is 9.80 Å². The Kier molecular flexibility index (Phi) is 15.9. The Balaban J connectivity index is 0.000000257. The largest absolute Gasteiger partial charge is 0.508 e. The second-order valence-electron chi connectivity index (χ2n) is 17.8. The van der Waals surface area contributed by atoms with Crippen molar-refractivity contribution in [2.75, 3.05) is 41.4 Å². The number of aromatic hydroxyl groups is 2. The summed E-state index contributed by atoms with van der Waals surface area (Å²) in [7, 11) is 6.35. The summed E-state index contributed by atoms with van der Waals surface area (Å²) in [6.45, 7) is 1.08. The van der Waals surface area contributed by atoms with Gasteiger partial charge in [-0.1, -0.05) is 14.9 Å². The SMILES string of the molecule is C.C.CCOC(=O)COC1=C(C(N)=O)C(=O)[C@@]2(O)C(=O)C3=C(O)c4c(O)ccc(I)c4C[C@H]3C[C@H]2[C@@H]1N(C)C.CN(C)[C@@H]1C(=O)C(C(N)=O)=C(O)[C@@]2(O)C(=O)C3=C(O)c4c(O)ccc(I)c4C[C@H]3C[C@@H]12. The molecule has 2 saturated carbocycles. The van der Waals surface area contributed by atoms with Crippen molar-refractivity contribution in [3.63, 3.8) is 0 Å². The lowest BCUT2D eigenvalue weighted by molar-refractivity contribution is -0.164. The molecule has 20 nitrogen and oxygen atoms in total. The third kappa shape index (κ3) is 8.35. The number of hydrogen-bond acceptors (Lipinski definition) is 18. The number of amides is 2. The second-order valence-corrected chi connectivity index (χ2v) is 20.2. The van der Waals surface area contributed by atoms with Gasteiger partial charge in [0.15, 0.2) is 23.6 Å². The topological polar surface area (TPSA) is 338 Å². The lowest BCUT2D eigenvalue weighted by Crippen LogP contribution is -2.67. The molecule has 6 aliphatic carbocycles. The first-order valence-electron chi connectivity index (χ1n) is 21.2. The quantitative estimate of drug-likeness (QED) is 0.0793. The van der Waals surface area contributed by atoms with Gasteiger partial charge in [-0.25, -0.2) is 4.79 Å². The Labute approximate surface area is 429 Å². The van der Waals surface area contributed by atoms with Crippen LogP contribution >= 0.6 is 45.2 Å². The molecule has 70 heavy (non-hydrogen) atoms. The summed E-state index contributed by atoms with van der Waals surface area (Å²) in [6.07, 6.45) is 0.692. The summed E-state index contributed by atoms with van der Waals surface area (Å²) >= 11 is 4.14. The van der Waals surface area contributed by atoms with Crippen LogP contribution < -0.4 is 11.5 Å². The standard InChI is InChI=1S/C25H27IN2O9.C21H21IN2O7.2CH4/c1-4-36-15(30)9-37-21-18(24(27)34)23(33)25(35)12(19(21)28(2)3)8-10-7-11-13(26)5-6-14(29)17(11)20(31)16(10)22(25)32;1-24(2)15-9-6-7-5-8-10(22)3-4-11(25)13(8)16(26)12(7)18(28)21(9,31)19(29)14(17(15)27)20(23)30;;/h5-6,10,12,19,29,31,35H,4,7-9H2,1-3H3,(H2,27,34);3-4,7,9,15,25-26,29,31H,5-6H2,1-2H3,(H2,23,30);2*1H4/t10-,12-,19-,25-;7-,9-,15-,21-;;/m00../s1. The molecule has 2 aromatic carbocycles. The van der Waals surface area contributed by atoms with Crippen LogP contribution in [-0.4, -0.2) is 151 Å². The molecular formula is C48H56I2N4O16. The average molecular weight is 1200 g/mol. The normalized spacial score (nSPS) is 27.7. The summed E-state index contributed by atoms with van der Waals surface area (Å²) in [5.41, 5.74) is 5.04. The number of aliphatic hydroxyl groups is 5. The molecule has 0 spiro atoms. The number of primary amides is 2. The third-order valence-corrected chi connectivity index (χ3v) is 15.7. The molecule has 8 atom stereocenters. The molecule has 8 rings (SSSR count). The fraction of sp³-hybridized carbons (Fsp3) is 0.438. The van der Waals surface area contributed by atoms with E-state index in [2.05, 4.69) is 45.2 Å². The van der Waals surface area contributed by atoms with Gasteiger partial charge >= 0.3 is 5.97 Å². The Morgan fingerprint density at radius 3 is 1.53 bits per heavy atom. The number of nitrogens with zero attached hydrogens (tertiary/aromatic N) is 2. The highest BCUT2D eigenvalue weighted by Crippen LogP contribution is 2.55. The van der Waals surface area contributed by atoms with Crippen LogP contribution in [0.1, 0.15) is 56.9 Å². The molecule has 378 valence electrons. The molecule has 0 radical (unpaired) electrons. The van der Waals surface area contributed by atoms with Gasteiger partial charge in [0.25, 0.3) is 11.8 Å². The molecule has 2 fully saturated rings. The van der Waals surface area contributed by atoms with Crippen molar-refractivity contribution in [2.24, 2.45) is 35.1 Å². The van der Waals surface area contributed by atoms with Gasteiger partial charge in [-0.15, -0.1) is 0 Å². The summed E-state index contributed by atoms with van der Waals surface area (Å²) in [6, 6.07) is 4.08. The van der Waals surface area contributed by atoms with Crippen molar-refractivity contribution < 1.29 is 78.8 Å². The number of Topliss-reactive ketones (excluding diaryl/α,β-unsaturated/α-hetero) is 4. The molecule has 6 aliphatic rings. The van der Waals surface area contributed by atoms with Crippen molar-refractivity contribution >= 4 is 97.6 Å². The number of carbonyl (C=O) groups excluding carboxylic acids is 7. The highest BCUT2D eigenvalue weighted by atomic mass is 127. The lowest BCUT2D eigenvalue weighted by Gasteiger charge is -2.50. The molecule has 11 N–H and O–H groups in total. The van der Waals surface area contributed by atoms with Crippen molar-refractivity contribution in [3.05, 3.63) is 87.5 Å². The summed E-state index contributed by atoms with van der Waals surface area (Å²) < 4.78 is 12.0. The van der Waals surface area contributed by atoms with Crippen LogP contribution in [0.4, 0.5) is 0 Å². The van der Waals surface area contributed by atoms with E-state index in [1.807, 2.05) is 0 Å². The van der Waals surface area contributed by atoms with Crippen LogP contribution in [0.15, 0.2) is 58.1 Å². The minimum atomic E-state index is -2.73. The van der Waals surface area contributed by atoms with Gasteiger partial charge in [-0.3, -0.25) is 38.6 Å². The zero-order valence-corrected chi connectivity index (χ0v) is 41.4. The highest BCUT2D eigenvalue weighted by molar-refractivity contribution is 14.1. The Bertz CT molecular complexity index is 2780. The lowest BCUT2D eigenvalue weighted by atomic mass is 9.57. The maximum atomic E-state index is 13.9. The van der Waals surface area contributed by atoms with E-state index in [1.165, 1.54) is 17.0 Å². The number of fused-ring (bicyclic) bond motifs is 6. The summed E-state index contributed by atoms with van der Waals surface area (Å²) in [5.74, 6) is -13.4. The van der Waals surface area contributed by atoms with Crippen LogP contribution in [-0.2, 0) is 55.9 Å². The van der Waals surface area contributed by atoms with E-state index in [0.29, 0.717) is 17.5 Å². The molecule has 0 aliphatic heterocycles. The number of nitrogens with two attached hydrogens (primary N) is 2. The van der Waals surface area contributed by atoms with E-state index in [4.69, 9.17) is 20.9 Å². The zero-order chi connectivity index (χ0) is 50.4. The number of rotatable bonds is 8. The molecule has 0 heterocycles. The van der Waals surface area contributed by atoms with Crippen molar-refractivity contribution in [1.29, 1.82) is 0 Å². The van der Waals surface area contributed by atoms with Crippen LogP contribution in [0, 0.1) is 30.8 Å². The summed E-state index contributed by atoms with van der Waals surface area (Å²) in [5, 5.41) is 76.7. The van der Waals surface area contributed by atoms with Crippen LogP contribution in [0.25, 0.3) is 11.5 Å². The van der Waals surface area contributed by atoms with E-state index in [0.717, 1.165) is 7.14 Å². The predicted octanol–water partition coefficient (Wildman–Crippen LogP) is 2.43. The molecule has 0 aromatic heterocycles. The number of esters is 1. The van der Waals surface area contributed by atoms with Crippen molar-refractivity contribution in [3.8, 4) is 11.5 Å². The minimum Gasteiger partial charge on any atom is -0.508 e. The molecule has 2 amide bonds. The van der Waals surface area contributed by atoms with Gasteiger partial charge < -0.3 is 56.7 Å². The number of phenolic OH excluding ortho intramolecular Hbond substituents is 2. The molecule has 22 heteroatoms. The minimum absolute atomic E-state index is 0. The third-order valence-electron chi connectivity index (χ3n) is 13.7. The number of ether oxygens (including phenoxy) is 2. The highest BCUT2D eigenvalue weighted by Gasteiger charge is 2.66. The van der Waals surface area contributed by atoms with Gasteiger partial charge in [0.1, 0.15) is 45.7 Å². The molecule has 2 aromatic rings. The van der Waals surface area contributed by atoms with Crippen LogP contribution in [0.2, 0.25) is 0 Å².